The Morgan fingerprint density at radius 2 is 1.84 bits per heavy atom. The van der Waals surface area contributed by atoms with Gasteiger partial charge in [-0.1, -0.05) is 50.6 Å². The van der Waals surface area contributed by atoms with Crippen LogP contribution >= 0.6 is 11.6 Å². The molecule has 0 unspecified atom stereocenters. The molecule has 2 aromatic rings. The fourth-order valence-corrected chi connectivity index (χ4v) is 2.08. The number of aromatic nitrogens is 1. The van der Waals surface area contributed by atoms with Gasteiger partial charge in [-0.05, 0) is 12.1 Å². The van der Waals surface area contributed by atoms with Crippen LogP contribution in [0.4, 0.5) is 0 Å². The van der Waals surface area contributed by atoms with Crippen LogP contribution in [0.15, 0.2) is 42.7 Å². The Morgan fingerprint density at radius 3 is 2.47 bits per heavy atom. The van der Waals surface area contributed by atoms with E-state index in [1.165, 1.54) is 0 Å². The number of halogens is 1. The van der Waals surface area contributed by atoms with Crippen LogP contribution in [0.2, 0.25) is 5.02 Å². The van der Waals surface area contributed by atoms with E-state index in [1.54, 1.807) is 12.4 Å². The zero-order valence-electron chi connectivity index (χ0n) is 11.3. The summed E-state index contributed by atoms with van der Waals surface area (Å²) in [6.07, 6.45) is 3.33. The molecule has 3 heteroatoms. The lowest BCUT2D eigenvalue weighted by atomic mass is 9.86. The minimum Gasteiger partial charge on any atom is -0.294 e. The third-order valence-corrected chi connectivity index (χ3v) is 3.20. The van der Waals surface area contributed by atoms with Gasteiger partial charge in [-0.15, -0.1) is 0 Å². The van der Waals surface area contributed by atoms with Crippen LogP contribution in [0.5, 0.6) is 0 Å². The summed E-state index contributed by atoms with van der Waals surface area (Å²) in [6, 6.07) is 9.39. The van der Waals surface area contributed by atoms with Crippen LogP contribution in [-0.4, -0.2) is 10.8 Å². The van der Waals surface area contributed by atoms with Gasteiger partial charge in [0.05, 0.1) is 0 Å². The first-order chi connectivity index (χ1) is 8.89. The summed E-state index contributed by atoms with van der Waals surface area (Å²) < 4.78 is 0. The average molecular weight is 274 g/mol. The van der Waals surface area contributed by atoms with E-state index in [-0.39, 0.29) is 5.78 Å². The molecule has 0 N–H and O–H groups in total. The topological polar surface area (TPSA) is 30.0 Å². The van der Waals surface area contributed by atoms with E-state index in [0.717, 1.165) is 11.1 Å². The Kier molecular flexibility index (Phi) is 3.72. The Balaban J connectivity index is 2.47. The molecule has 0 radical (unpaired) electrons. The molecule has 2 nitrogen and oxygen atoms in total. The van der Waals surface area contributed by atoms with Crippen molar-refractivity contribution in [2.24, 2.45) is 5.41 Å². The van der Waals surface area contributed by atoms with Gasteiger partial charge in [-0.2, -0.15) is 0 Å². The molecule has 0 aliphatic rings. The Hall–Kier alpha value is -1.67. The summed E-state index contributed by atoms with van der Waals surface area (Å²) in [5.41, 5.74) is 1.95. The van der Waals surface area contributed by atoms with Crippen LogP contribution < -0.4 is 0 Å². The smallest absolute Gasteiger partial charge is 0.169 e. The SMILES string of the molecule is CC(C)(C)C(=O)c1cncc(-c2ccccc2Cl)c1. The molecule has 1 heterocycles. The Bertz CT molecular complexity index is 614. The van der Waals surface area contributed by atoms with Crippen molar-refractivity contribution in [2.45, 2.75) is 20.8 Å². The maximum atomic E-state index is 12.3. The highest BCUT2D eigenvalue weighted by Gasteiger charge is 2.23. The standard InChI is InChI=1S/C16H16ClNO/c1-16(2,3)15(19)12-8-11(9-18-10-12)13-6-4-5-7-14(13)17/h4-10H,1-3H3. The maximum Gasteiger partial charge on any atom is 0.169 e. The van der Waals surface area contributed by atoms with E-state index in [2.05, 4.69) is 4.98 Å². The van der Waals surface area contributed by atoms with Gasteiger partial charge in [-0.3, -0.25) is 9.78 Å². The highest BCUT2D eigenvalue weighted by Crippen LogP contribution is 2.29. The summed E-state index contributed by atoms with van der Waals surface area (Å²) in [5, 5.41) is 0.657. The molecule has 1 aromatic carbocycles. The van der Waals surface area contributed by atoms with Crippen molar-refractivity contribution in [2.75, 3.05) is 0 Å². The van der Waals surface area contributed by atoms with Gasteiger partial charge < -0.3 is 0 Å². The van der Waals surface area contributed by atoms with Crippen LogP contribution in [-0.2, 0) is 0 Å². The number of carbonyl (C=O) groups is 1. The molecule has 0 fully saturated rings. The third-order valence-electron chi connectivity index (χ3n) is 2.87. The number of carbonyl (C=O) groups excluding carboxylic acids is 1. The van der Waals surface area contributed by atoms with E-state index >= 15 is 0 Å². The second-order valence-electron chi connectivity index (χ2n) is 5.52. The first-order valence-corrected chi connectivity index (χ1v) is 6.52. The normalized spacial score (nSPS) is 11.4. The molecule has 0 aliphatic carbocycles. The lowest BCUT2D eigenvalue weighted by molar-refractivity contribution is 0.0858. The number of ketones is 1. The van der Waals surface area contributed by atoms with Gasteiger partial charge in [0.25, 0.3) is 0 Å². The number of nitrogens with zero attached hydrogens (tertiary/aromatic N) is 1. The lowest BCUT2D eigenvalue weighted by Gasteiger charge is -2.16. The highest BCUT2D eigenvalue weighted by molar-refractivity contribution is 6.33. The minimum atomic E-state index is -0.416. The number of hydrogen-bond acceptors (Lipinski definition) is 2. The second kappa shape index (κ2) is 5.14. The summed E-state index contributed by atoms with van der Waals surface area (Å²) in [7, 11) is 0. The average Bonchev–Trinajstić information content (AvgIpc) is 2.37. The summed E-state index contributed by atoms with van der Waals surface area (Å²) in [5.74, 6) is 0.0777. The van der Waals surface area contributed by atoms with Crippen LogP contribution in [0.1, 0.15) is 31.1 Å². The quantitative estimate of drug-likeness (QED) is 0.747. The van der Waals surface area contributed by atoms with Gasteiger partial charge in [0, 0.05) is 39.5 Å². The van der Waals surface area contributed by atoms with Crippen molar-refractivity contribution in [1.29, 1.82) is 0 Å². The van der Waals surface area contributed by atoms with E-state index in [1.807, 2.05) is 51.1 Å². The van der Waals surface area contributed by atoms with Gasteiger partial charge in [0.1, 0.15) is 0 Å². The van der Waals surface area contributed by atoms with Crippen molar-refractivity contribution in [1.82, 2.24) is 4.98 Å². The molecule has 0 bridgehead atoms. The predicted molar refractivity (Wildman–Crippen MR) is 78.5 cm³/mol. The first-order valence-electron chi connectivity index (χ1n) is 6.14. The van der Waals surface area contributed by atoms with Crippen molar-refractivity contribution < 1.29 is 4.79 Å². The van der Waals surface area contributed by atoms with E-state index in [9.17, 15) is 4.79 Å². The molecule has 0 spiro atoms. The van der Waals surface area contributed by atoms with E-state index < -0.39 is 5.41 Å². The molecule has 19 heavy (non-hydrogen) atoms. The summed E-state index contributed by atoms with van der Waals surface area (Å²) in [4.78, 5) is 16.4. The largest absolute Gasteiger partial charge is 0.294 e. The predicted octanol–water partition coefficient (Wildman–Crippen LogP) is 4.63. The number of hydrogen-bond donors (Lipinski definition) is 0. The van der Waals surface area contributed by atoms with E-state index in [0.29, 0.717) is 10.6 Å². The zero-order chi connectivity index (χ0) is 14.0. The number of benzene rings is 1. The maximum absolute atomic E-state index is 12.3. The monoisotopic (exact) mass is 273 g/mol. The number of pyridine rings is 1. The first kappa shape index (κ1) is 13.8. The molecule has 0 aliphatic heterocycles. The zero-order valence-corrected chi connectivity index (χ0v) is 12.0. The van der Waals surface area contributed by atoms with Crippen molar-refractivity contribution in [3.63, 3.8) is 0 Å². The summed E-state index contributed by atoms with van der Waals surface area (Å²) >= 11 is 6.17. The molecule has 98 valence electrons. The molecular formula is C16H16ClNO. The van der Waals surface area contributed by atoms with Crippen molar-refractivity contribution in [3.05, 3.63) is 53.3 Å². The van der Waals surface area contributed by atoms with Gasteiger partial charge in [0.2, 0.25) is 0 Å². The molecule has 2 rings (SSSR count). The molecule has 0 saturated heterocycles. The summed E-state index contributed by atoms with van der Waals surface area (Å²) in [6.45, 7) is 5.70. The highest BCUT2D eigenvalue weighted by atomic mass is 35.5. The molecular weight excluding hydrogens is 258 g/mol. The fourth-order valence-electron chi connectivity index (χ4n) is 1.84. The second-order valence-corrected chi connectivity index (χ2v) is 5.93. The Morgan fingerprint density at radius 1 is 1.16 bits per heavy atom. The molecule has 0 saturated carbocycles. The van der Waals surface area contributed by atoms with Crippen molar-refractivity contribution in [3.8, 4) is 11.1 Å². The van der Waals surface area contributed by atoms with Crippen molar-refractivity contribution >= 4 is 17.4 Å². The van der Waals surface area contributed by atoms with Gasteiger partial charge >= 0.3 is 0 Å². The van der Waals surface area contributed by atoms with Gasteiger partial charge in [0.15, 0.2) is 5.78 Å². The van der Waals surface area contributed by atoms with Crippen LogP contribution in [0.3, 0.4) is 0 Å². The number of Topliss-reactive ketones (excluding diaryl/α,β-unsaturated/α-hetero) is 1. The van der Waals surface area contributed by atoms with Gasteiger partial charge in [-0.25, -0.2) is 0 Å². The lowest BCUT2D eigenvalue weighted by Crippen LogP contribution is -2.20. The number of rotatable bonds is 2. The van der Waals surface area contributed by atoms with Crippen LogP contribution in [0, 0.1) is 5.41 Å². The Labute approximate surface area is 118 Å². The van der Waals surface area contributed by atoms with Crippen LogP contribution in [0.25, 0.3) is 11.1 Å². The third kappa shape index (κ3) is 3.02. The molecule has 0 atom stereocenters. The fraction of sp³-hybridized carbons (Fsp3) is 0.250. The minimum absolute atomic E-state index is 0.0777. The molecule has 0 amide bonds. The molecule has 1 aromatic heterocycles. The van der Waals surface area contributed by atoms with E-state index in [4.69, 9.17) is 11.6 Å².